The summed E-state index contributed by atoms with van der Waals surface area (Å²) in [6.07, 6.45) is 0. The van der Waals surface area contributed by atoms with Crippen molar-refractivity contribution in [3.8, 4) is 0 Å². The number of rotatable bonds is 4. The summed E-state index contributed by atoms with van der Waals surface area (Å²) in [5.74, 6) is 2.58. The van der Waals surface area contributed by atoms with Gasteiger partial charge in [0.05, 0.1) is 5.69 Å². The second-order valence-electron chi connectivity index (χ2n) is 3.67. The van der Waals surface area contributed by atoms with Gasteiger partial charge in [-0.3, -0.25) is 4.90 Å². The van der Waals surface area contributed by atoms with Gasteiger partial charge in [-0.15, -0.1) is 11.3 Å². The minimum Gasteiger partial charge on any atom is -0.360 e. The van der Waals surface area contributed by atoms with E-state index in [2.05, 4.69) is 32.3 Å². The largest absolute Gasteiger partial charge is 0.360 e. The summed E-state index contributed by atoms with van der Waals surface area (Å²) in [6, 6.07) is 0. The van der Waals surface area contributed by atoms with Crippen LogP contribution in [0.1, 0.15) is 5.69 Å². The van der Waals surface area contributed by atoms with Crippen LogP contribution in [-0.4, -0.2) is 47.6 Å². The fraction of sp³-hybridized carbons (Fsp3) is 0.700. The highest BCUT2D eigenvalue weighted by Gasteiger charge is 2.09. The molecule has 2 rings (SSSR count). The molecule has 0 bridgehead atoms. The molecule has 0 spiro atoms. The first-order chi connectivity index (χ1) is 7.34. The second kappa shape index (κ2) is 5.72. The summed E-state index contributed by atoms with van der Waals surface area (Å²) in [5.41, 5.74) is 1.11. The van der Waals surface area contributed by atoms with E-state index in [0.717, 1.165) is 23.9 Å². The van der Waals surface area contributed by atoms with Crippen LogP contribution in [0.2, 0.25) is 0 Å². The number of aromatic nitrogens is 1. The lowest BCUT2D eigenvalue weighted by Gasteiger charge is -2.25. The van der Waals surface area contributed by atoms with E-state index in [1.54, 1.807) is 11.3 Å². The van der Waals surface area contributed by atoms with E-state index >= 15 is 0 Å². The Morgan fingerprint density at radius 1 is 1.47 bits per heavy atom. The van der Waals surface area contributed by atoms with E-state index in [9.17, 15) is 0 Å². The number of anilines is 1. The normalized spacial score (nSPS) is 17.9. The van der Waals surface area contributed by atoms with Gasteiger partial charge in [-0.1, -0.05) is 0 Å². The Morgan fingerprint density at radius 3 is 2.93 bits per heavy atom. The van der Waals surface area contributed by atoms with Crippen LogP contribution in [0.25, 0.3) is 0 Å². The van der Waals surface area contributed by atoms with E-state index < -0.39 is 0 Å². The Kier molecular flexibility index (Phi) is 4.29. The topological polar surface area (TPSA) is 28.2 Å². The predicted molar refractivity (Wildman–Crippen MR) is 69.1 cm³/mol. The van der Waals surface area contributed by atoms with E-state index in [1.807, 2.05) is 6.92 Å². The van der Waals surface area contributed by atoms with Crippen molar-refractivity contribution in [2.75, 3.05) is 43.0 Å². The Balaban J connectivity index is 1.65. The van der Waals surface area contributed by atoms with Crippen molar-refractivity contribution in [3.63, 3.8) is 0 Å². The van der Waals surface area contributed by atoms with Gasteiger partial charge in [0.1, 0.15) is 0 Å². The Bertz CT molecular complexity index is 295. The van der Waals surface area contributed by atoms with Crippen LogP contribution in [0.5, 0.6) is 0 Å². The lowest BCUT2D eigenvalue weighted by molar-refractivity contribution is 0.314. The summed E-state index contributed by atoms with van der Waals surface area (Å²) in [4.78, 5) is 6.90. The Labute approximate surface area is 99.3 Å². The molecule has 2 heterocycles. The first-order valence-corrected chi connectivity index (χ1v) is 7.34. The number of thioether (sulfide) groups is 1. The van der Waals surface area contributed by atoms with Gasteiger partial charge in [-0.25, -0.2) is 4.98 Å². The van der Waals surface area contributed by atoms with Crippen molar-refractivity contribution in [3.05, 3.63) is 11.1 Å². The van der Waals surface area contributed by atoms with Gasteiger partial charge in [-0.2, -0.15) is 11.8 Å². The fourth-order valence-electron chi connectivity index (χ4n) is 1.58. The average Bonchev–Trinajstić information content (AvgIpc) is 2.66. The highest BCUT2D eigenvalue weighted by molar-refractivity contribution is 7.99. The standard InChI is InChI=1S/C10H17N3S2/c1-9-8-15-10(12-9)11-2-3-13-4-6-14-7-5-13/h8H,2-7H2,1H3,(H,11,12). The number of aryl methyl sites for hydroxylation is 1. The summed E-state index contributed by atoms with van der Waals surface area (Å²) in [5, 5.41) is 6.51. The molecule has 0 atom stereocenters. The molecule has 1 aliphatic rings. The van der Waals surface area contributed by atoms with Crippen molar-refractivity contribution < 1.29 is 0 Å². The maximum absolute atomic E-state index is 4.38. The molecule has 0 saturated carbocycles. The van der Waals surface area contributed by atoms with Gasteiger partial charge < -0.3 is 5.32 Å². The molecule has 0 unspecified atom stereocenters. The molecule has 3 nitrogen and oxygen atoms in total. The van der Waals surface area contributed by atoms with Gasteiger partial charge in [0.25, 0.3) is 0 Å². The SMILES string of the molecule is Cc1csc(NCCN2CCSCC2)n1. The van der Waals surface area contributed by atoms with Crippen molar-refractivity contribution in [1.29, 1.82) is 0 Å². The first kappa shape index (κ1) is 11.2. The third-order valence-corrected chi connectivity index (χ3v) is 4.29. The Hall–Kier alpha value is -0.260. The quantitative estimate of drug-likeness (QED) is 0.874. The molecule has 0 aromatic carbocycles. The lowest BCUT2D eigenvalue weighted by Crippen LogP contribution is -2.36. The van der Waals surface area contributed by atoms with E-state index in [1.165, 1.54) is 24.6 Å². The minimum absolute atomic E-state index is 1.01. The molecular weight excluding hydrogens is 226 g/mol. The number of thiazole rings is 1. The van der Waals surface area contributed by atoms with Crippen LogP contribution >= 0.6 is 23.1 Å². The maximum Gasteiger partial charge on any atom is 0.182 e. The van der Waals surface area contributed by atoms with Gasteiger partial charge in [0, 0.05) is 43.1 Å². The van der Waals surface area contributed by atoms with Crippen LogP contribution in [0.4, 0.5) is 5.13 Å². The molecule has 0 radical (unpaired) electrons. The zero-order chi connectivity index (χ0) is 10.5. The van der Waals surface area contributed by atoms with Crippen LogP contribution in [0, 0.1) is 6.92 Å². The molecule has 15 heavy (non-hydrogen) atoms. The molecule has 1 fully saturated rings. The zero-order valence-electron chi connectivity index (χ0n) is 9.03. The molecular formula is C10H17N3S2. The van der Waals surface area contributed by atoms with Crippen LogP contribution in [0.15, 0.2) is 5.38 Å². The predicted octanol–water partition coefficient (Wildman–Crippen LogP) is 1.91. The van der Waals surface area contributed by atoms with E-state index in [-0.39, 0.29) is 0 Å². The monoisotopic (exact) mass is 243 g/mol. The third kappa shape index (κ3) is 3.66. The summed E-state index contributed by atoms with van der Waals surface area (Å²) in [6.45, 7) is 6.66. The molecule has 1 aliphatic heterocycles. The van der Waals surface area contributed by atoms with Gasteiger partial charge in [0.15, 0.2) is 5.13 Å². The molecule has 1 aromatic rings. The molecule has 1 N–H and O–H groups in total. The van der Waals surface area contributed by atoms with Crippen molar-refractivity contribution in [2.45, 2.75) is 6.92 Å². The van der Waals surface area contributed by atoms with Crippen molar-refractivity contribution >= 4 is 28.2 Å². The Morgan fingerprint density at radius 2 is 2.27 bits per heavy atom. The fourth-order valence-corrected chi connectivity index (χ4v) is 3.28. The maximum atomic E-state index is 4.38. The second-order valence-corrected chi connectivity index (χ2v) is 5.76. The minimum atomic E-state index is 1.01. The molecule has 1 saturated heterocycles. The number of nitrogens with zero attached hydrogens (tertiary/aromatic N) is 2. The number of hydrogen-bond donors (Lipinski definition) is 1. The molecule has 0 amide bonds. The molecule has 5 heteroatoms. The molecule has 84 valence electrons. The van der Waals surface area contributed by atoms with Crippen LogP contribution in [-0.2, 0) is 0 Å². The van der Waals surface area contributed by atoms with Gasteiger partial charge >= 0.3 is 0 Å². The average molecular weight is 243 g/mol. The highest BCUT2D eigenvalue weighted by Crippen LogP contribution is 2.14. The smallest absolute Gasteiger partial charge is 0.182 e. The van der Waals surface area contributed by atoms with Crippen molar-refractivity contribution in [1.82, 2.24) is 9.88 Å². The zero-order valence-corrected chi connectivity index (χ0v) is 10.7. The molecule has 0 aliphatic carbocycles. The van der Waals surface area contributed by atoms with Crippen LogP contribution in [0.3, 0.4) is 0 Å². The summed E-state index contributed by atoms with van der Waals surface area (Å²) < 4.78 is 0. The summed E-state index contributed by atoms with van der Waals surface area (Å²) in [7, 11) is 0. The van der Waals surface area contributed by atoms with Gasteiger partial charge in [0.2, 0.25) is 0 Å². The van der Waals surface area contributed by atoms with Crippen LogP contribution < -0.4 is 5.32 Å². The number of hydrogen-bond acceptors (Lipinski definition) is 5. The number of nitrogens with one attached hydrogen (secondary N) is 1. The van der Waals surface area contributed by atoms with Gasteiger partial charge in [-0.05, 0) is 6.92 Å². The first-order valence-electron chi connectivity index (χ1n) is 5.31. The third-order valence-electron chi connectivity index (χ3n) is 2.43. The lowest BCUT2D eigenvalue weighted by atomic mass is 10.4. The molecule has 1 aromatic heterocycles. The van der Waals surface area contributed by atoms with E-state index in [0.29, 0.717) is 0 Å². The van der Waals surface area contributed by atoms with Crippen molar-refractivity contribution in [2.24, 2.45) is 0 Å². The summed E-state index contributed by atoms with van der Waals surface area (Å²) >= 11 is 3.75. The highest BCUT2D eigenvalue weighted by atomic mass is 32.2. The van der Waals surface area contributed by atoms with E-state index in [4.69, 9.17) is 0 Å².